The number of nitrogens with zero attached hydrogens (tertiary/aromatic N) is 1. The van der Waals surface area contributed by atoms with E-state index in [0.717, 1.165) is 12.8 Å². The molecule has 0 amide bonds. The molecule has 1 N–H and O–H groups in total. The lowest BCUT2D eigenvalue weighted by Crippen LogP contribution is -2.55. The molecule has 1 aliphatic carbocycles. The molecule has 10 heavy (non-hydrogen) atoms. The zero-order valence-electron chi connectivity index (χ0n) is 6.35. The molecule has 0 bridgehead atoms. The highest BCUT2D eigenvalue weighted by atomic mass is 16.5. The Kier molecular flexibility index (Phi) is 1.93. The normalized spacial score (nSPS) is 38.3. The maximum Gasteiger partial charge on any atom is 0.111 e. The fraction of sp³-hybridized carbons (Fsp3) is 0.857. The molecule has 0 aromatic heterocycles. The molecule has 0 unspecified atom stereocenters. The Morgan fingerprint density at radius 1 is 1.70 bits per heavy atom. The number of rotatable bonds is 2. The molecule has 0 heterocycles. The number of methoxy groups -OCH3 is 1. The third kappa shape index (κ3) is 1.00. The van der Waals surface area contributed by atoms with Crippen molar-refractivity contribution in [2.45, 2.75) is 24.5 Å². The molecule has 1 aliphatic rings. The molecule has 3 nitrogen and oxygen atoms in total. The third-order valence-corrected chi connectivity index (χ3v) is 2.18. The topological polar surface area (TPSA) is 45.0 Å². The van der Waals surface area contributed by atoms with Crippen LogP contribution in [-0.2, 0) is 4.74 Å². The van der Waals surface area contributed by atoms with E-state index in [1.807, 2.05) is 7.05 Å². The summed E-state index contributed by atoms with van der Waals surface area (Å²) in [6, 6.07) is 2.24. The molecule has 0 spiro atoms. The van der Waals surface area contributed by atoms with Crippen LogP contribution < -0.4 is 5.32 Å². The molecular formula is C7H12N2O. The van der Waals surface area contributed by atoms with E-state index in [0.29, 0.717) is 0 Å². The third-order valence-electron chi connectivity index (χ3n) is 2.18. The standard InChI is InChI=1S/C7H12N2O/c1-9-7(5-8)3-6(4-7)10-2/h6,9H,3-4H2,1-2H3. The van der Waals surface area contributed by atoms with E-state index >= 15 is 0 Å². The van der Waals surface area contributed by atoms with Gasteiger partial charge in [0, 0.05) is 20.0 Å². The Morgan fingerprint density at radius 2 is 2.30 bits per heavy atom. The molecule has 0 saturated heterocycles. The summed E-state index contributed by atoms with van der Waals surface area (Å²) in [7, 11) is 3.50. The van der Waals surface area contributed by atoms with Gasteiger partial charge in [0.1, 0.15) is 5.54 Å². The second-order valence-corrected chi connectivity index (χ2v) is 2.71. The second-order valence-electron chi connectivity index (χ2n) is 2.71. The first-order valence-electron chi connectivity index (χ1n) is 3.39. The molecule has 0 radical (unpaired) electrons. The van der Waals surface area contributed by atoms with Crippen molar-refractivity contribution in [3.8, 4) is 6.07 Å². The van der Waals surface area contributed by atoms with Crippen LogP contribution in [0.25, 0.3) is 0 Å². The summed E-state index contributed by atoms with van der Waals surface area (Å²) in [5.74, 6) is 0. The van der Waals surface area contributed by atoms with Crippen molar-refractivity contribution in [3.05, 3.63) is 0 Å². The first kappa shape index (κ1) is 7.52. The van der Waals surface area contributed by atoms with Gasteiger partial charge in [-0.15, -0.1) is 0 Å². The largest absolute Gasteiger partial charge is 0.381 e. The summed E-state index contributed by atoms with van der Waals surface area (Å²) >= 11 is 0. The molecule has 0 atom stereocenters. The molecule has 0 aromatic rings. The van der Waals surface area contributed by atoms with Gasteiger partial charge in [0.05, 0.1) is 12.2 Å². The van der Waals surface area contributed by atoms with Crippen molar-refractivity contribution in [3.63, 3.8) is 0 Å². The molecule has 1 fully saturated rings. The highest BCUT2D eigenvalue weighted by molar-refractivity contribution is 5.15. The summed E-state index contributed by atoms with van der Waals surface area (Å²) < 4.78 is 5.05. The predicted octanol–water partition coefficient (Wildman–Crippen LogP) is 0.277. The van der Waals surface area contributed by atoms with Gasteiger partial charge < -0.3 is 10.1 Å². The monoisotopic (exact) mass is 140 g/mol. The molecule has 56 valence electrons. The first-order chi connectivity index (χ1) is 4.76. The van der Waals surface area contributed by atoms with Gasteiger partial charge in [-0.05, 0) is 7.05 Å². The Balaban J connectivity index is 2.41. The second kappa shape index (κ2) is 2.57. The maximum absolute atomic E-state index is 8.68. The zero-order valence-corrected chi connectivity index (χ0v) is 6.35. The van der Waals surface area contributed by atoms with Crippen molar-refractivity contribution >= 4 is 0 Å². The van der Waals surface area contributed by atoms with Crippen LogP contribution in [0.3, 0.4) is 0 Å². The summed E-state index contributed by atoms with van der Waals surface area (Å²) in [5.41, 5.74) is -0.291. The number of hydrogen-bond acceptors (Lipinski definition) is 3. The van der Waals surface area contributed by atoms with E-state index in [2.05, 4.69) is 11.4 Å². The van der Waals surface area contributed by atoms with Crippen LogP contribution in [0.15, 0.2) is 0 Å². The predicted molar refractivity (Wildman–Crippen MR) is 37.4 cm³/mol. The van der Waals surface area contributed by atoms with Crippen LogP contribution in [0, 0.1) is 11.3 Å². The maximum atomic E-state index is 8.68. The minimum Gasteiger partial charge on any atom is -0.381 e. The van der Waals surface area contributed by atoms with Crippen LogP contribution in [0.4, 0.5) is 0 Å². The molecule has 1 rings (SSSR count). The van der Waals surface area contributed by atoms with E-state index in [1.54, 1.807) is 7.11 Å². The molecular weight excluding hydrogens is 128 g/mol. The highest BCUT2D eigenvalue weighted by Crippen LogP contribution is 2.32. The Hall–Kier alpha value is -0.590. The van der Waals surface area contributed by atoms with E-state index in [1.165, 1.54) is 0 Å². The van der Waals surface area contributed by atoms with Gasteiger partial charge in [-0.25, -0.2) is 0 Å². The van der Waals surface area contributed by atoms with E-state index in [9.17, 15) is 0 Å². The molecule has 0 aliphatic heterocycles. The molecule has 0 aromatic carbocycles. The lowest BCUT2D eigenvalue weighted by atomic mass is 9.75. The summed E-state index contributed by atoms with van der Waals surface area (Å²) in [4.78, 5) is 0. The zero-order chi connectivity index (χ0) is 7.61. The fourth-order valence-corrected chi connectivity index (χ4v) is 1.24. The van der Waals surface area contributed by atoms with Gasteiger partial charge in [0.15, 0.2) is 0 Å². The van der Waals surface area contributed by atoms with Crippen LogP contribution in [0.5, 0.6) is 0 Å². The fourth-order valence-electron chi connectivity index (χ4n) is 1.24. The van der Waals surface area contributed by atoms with E-state index < -0.39 is 0 Å². The Bertz CT molecular complexity index is 155. The lowest BCUT2D eigenvalue weighted by molar-refractivity contribution is -0.00489. The van der Waals surface area contributed by atoms with Gasteiger partial charge in [-0.1, -0.05) is 0 Å². The van der Waals surface area contributed by atoms with Gasteiger partial charge in [-0.2, -0.15) is 5.26 Å². The number of nitriles is 1. The van der Waals surface area contributed by atoms with Crippen molar-refractivity contribution in [2.75, 3.05) is 14.2 Å². The minimum atomic E-state index is -0.291. The van der Waals surface area contributed by atoms with Crippen molar-refractivity contribution in [1.82, 2.24) is 5.32 Å². The Morgan fingerprint density at radius 3 is 2.60 bits per heavy atom. The Labute approximate surface area is 61.0 Å². The van der Waals surface area contributed by atoms with Gasteiger partial charge in [0.25, 0.3) is 0 Å². The van der Waals surface area contributed by atoms with Gasteiger partial charge in [0.2, 0.25) is 0 Å². The molecule has 1 saturated carbocycles. The number of nitrogens with one attached hydrogen (secondary N) is 1. The summed E-state index contributed by atoms with van der Waals surface area (Å²) in [6.07, 6.45) is 1.92. The van der Waals surface area contributed by atoms with Crippen molar-refractivity contribution in [1.29, 1.82) is 5.26 Å². The molecule has 3 heteroatoms. The van der Waals surface area contributed by atoms with Gasteiger partial charge >= 0.3 is 0 Å². The summed E-state index contributed by atoms with van der Waals surface area (Å²) in [5, 5.41) is 11.7. The smallest absolute Gasteiger partial charge is 0.111 e. The summed E-state index contributed by atoms with van der Waals surface area (Å²) in [6.45, 7) is 0. The average Bonchev–Trinajstić information content (AvgIpc) is 1.89. The number of hydrogen-bond donors (Lipinski definition) is 1. The number of ether oxygens (including phenoxy) is 1. The average molecular weight is 140 g/mol. The quantitative estimate of drug-likeness (QED) is 0.599. The lowest BCUT2D eigenvalue weighted by Gasteiger charge is -2.41. The van der Waals surface area contributed by atoms with Crippen LogP contribution in [0.1, 0.15) is 12.8 Å². The van der Waals surface area contributed by atoms with Gasteiger partial charge in [-0.3, -0.25) is 0 Å². The van der Waals surface area contributed by atoms with Crippen LogP contribution in [-0.4, -0.2) is 25.8 Å². The van der Waals surface area contributed by atoms with Crippen molar-refractivity contribution < 1.29 is 4.74 Å². The minimum absolute atomic E-state index is 0.284. The SMILES string of the molecule is CNC1(C#N)CC(OC)C1. The van der Waals surface area contributed by atoms with E-state index in [-0.39, 0.29) is 11.6 Å². The van der Waals surface area contributed by atoms with Crippen molar-refractivity contribution in [2.24, 2.45) is 0 Å². The first-order valence-corrected chi connectivity index (χ1v) is 3.39. The highest BCUT2D eigenvalue weighted by Gasteiger charge is 2.43. The van der Waals surface area contributed by atoms with Crippen LogP contribution in [0.2, 0.25) is 0 Å². The van der Waals surface area contributed by atoms with E-state index in [4.69, 9.17) is 10.00 Å². The van der Waals surface area contributed by atoms with Crippen LogP contribution >= 0.6 is 0 Å².